The molecule has 1 heterocycles. The van der Waals surface area contributed by atoms with E-state index in [4.69, 9.17) is 21.6 Å². The van der Waals surface area contributed by atoms with Gasteiger partial charge in [-0.3, -0.25) is 0 Å². The second-order valence-electron chi connectivity index (χ2n) is 3.91. The Balaban J connectivity index is 2.39. The topological polar surface area (TPSA) is 45.9 Å². The molecule has 0 radical (unpaired) electrons. The Morgan fingerprint density at radius 1 is 1.53 bits per heavy atom. The van der Waals surface area contributed by atoms with Crippen molar-refractivity contribution in [2.24, 2.45) is 5.41 Å². The molecule has 0 spiro atoms. The van der Waals surface area contributed by atoms with E-state index in [0.29, 0.717) is 23.9 Å². The zero-order valence-electron chi connectivity index (χ0n) is 8.83. The van der Waals surface area contributed by atoms with Crippen LogP contribution in [-0.2, 0) is 0 Å². The van der Waals surface area contributed by atoms with Gasteiger partial charge in [-0.05, 0) is 32.4 Å². The van der Waals surface area contributed by atoms with Gasteiger partial charge in [0.25, 0.3) is 0 Å². The lowest BCUT2D eigenvalue weighted by Crippen LogP contribution is -2.13. The minimum atomic E-state index is -0.347. The third kappa shape index (κ3) is 4.18. The maximum absolute atomic E-state index is 8.79. The molecule has 4 heteroatoms. The molecule has 0 aliphatic carbocycles. The van der Waals surface area contributed by atoms with Gasteiger partial charge in [-0.1, -0.05) is 11.6 Å². The van der Waals surface area contributed by atoms with E-state index in [-0.39, 0.29) is 5.41 Å². The molecule has 0 unspecified atom stereocenters. The summed E-state index contributed by atoms with van der Waals surface area (Å²) in [5.74, 6) is 0.674. The molecule has 0 aliphatic rings. The fourth-order valence-corrected chi connectivity index (χ4v) is 1.04. The van der Waals surface area contributed by atoms with Crippen LogP contribution in [0.2, 0.25) is 5.15 Å². The summed E-state index contributed by atoms with van der Waals surface area (Å²) in [5.41, 5.74) is -0.347. The molecule has 0 amide bonds. The third-order valence-electron chi connectivity index (χ3n) is 2.00. The largest absolute Gasteiger partial charge is 0.492 e. The van der Waals surface area contributed by atoms with Gasteiger partial charge < -0.3 is 4.74 Å². The SMILES string of the molecule is CC(C)(C#N)CCOc1ccc(Cl)nc1. The van der Waals surface area contributed by atoms with Gasteiger partial charge in [0.05, 0.1) is 24.3 Å². The number of rotatable bonds is 4. The number of nitrogens with zero attached hydrogens (tertiary/aromatic N) is 2. The fourth-order valence-electron chi connectivity index (χ4n) is 0.928. The molecule has 3 nitrogen and oxygen atoms in total. The van der Waals surface area contributed by atoms with Crippen LogP contribution in [0.25, 0.3) is 0 Å². The van der Waals surface area contributed by atoms with E-state index in [9.17, 15) is 0 Å². The Labute approximate surface area is 94.7 Å². The quantitative estimate of drug-likeness (QED) is 0.739. The minimum Gasteiger partial charge on any atom is -0.492 e. The molecule has 0 saturated heterocycles. The lowest BCUT2D eigenvalue weighted by Gasteiger charge is -2.14. The van der Waals surface area contributed by atoms with Crippen LogP contribution < -0.4 is 4.74 Å². The van der Waals surface area contributed by atoms with E-state index in [0.717, 1.165) is 0 Å². The first-order valence-electron chi connectivity index (χ1n) is 4.69. The van der Waals surface area contributed by atoms with Crippen molar-refractivity contribution in [2.45, 2.75) is 20.3 Å². The van der Waals surface area contributed by atoms with Crippen LogP contribution in [0.5, 0.6) is 5.75 Å². The second kappa shape index (κ2) is 4.99. The second-order valence-corrected chi connectivity index (χ2v) is 4.30. The van der Waals surface area contributed by atoms with E-state index in [1.807, 2.05) is 13.8 Å². The average molecular weight is 225 g/mol. The van der Waals surface area contributed by atoms with Crippen molar-refractivity contribution < 1.29 is 4.74 Å². The number of hydrogen-bond donors (Lipinski definition) is 0. The number of pyridine rings is 1. The summed E-state index contributed by atoms with van der Waals surface area (Å²) in [7, 11) is 0. The van der Waals surface area contributed by atoms with Crippen molar-refractivity contribution in [3.63, 3.8) is 0 Å². The maximum atomic E-state index is 8.79. The summed E-state index contributed by atoms with van der Waals surface area (Å²) in [6.45, 7) is 4.27. The minimum absolute atomic E-state index is 0.347. The maximum Gasteiger partial charge on any atom is 0.137 e. The summed E-state index contributed by atoms with van der Waals surface area (Å²) in [4.78, 5) is 3.89. The predicted octanol–water partition coefficient (Wildman–Crippen LogP) is 3.05. The molecular weight excluding hydrogens is 212 g/mol. The number of hydrogen-bond acceptors (Lipinski definition) is 3. The summed E-state index contributed by atoms with van der Waals surface area (Å²) < 4.78 is 5.43. The molecule has 80 valence electrons. The normalized spacial score (nSPS) is 10.8. The molecular formula is C11H13ClN2O. The molecule has 0 N–H and O–H groups in total. The highest BCUT2D eigenvalue weighted by molar-refractivity contribution is 6.29. The molecule has 0 atom stereocenters. The van der Waals surface area contributed by atoms with Crippen LogP contribution in [0.1, 0.15) is 20.3 Å². The zero-order valence-corrected chi connectivity index (χ0v) is 9.58. The Hall–Kier alpha value is -1.27. The predicted molar refractivity (Wildman–Crippen MR) is 58.8 cm³/mol. The molecule has 0 aromatic carbocycles. The van der Waals surface area contributed by atoms with E-state index in [2.05, 4.69) is 11.1 Å². The van der Waals surface area contributed by atoms with Crippen LogP contribution >= 0.6 is 11.6 Å². The van der Waals surface area contributed by atoms with Crippen molar-refractivity contribution >= 4 is 11.6 Å². The highest BCUT2D eigenvalue weighted by Crippen LogP contribution is 2.19. The molecule has 0 bridgehead atoms. The molecule has 1 aromatic rings. The van der Waals surface area contributed by atoms with Crippen molar-refractivity contribution in [1.82, 2.24) is 4.98 Å². The summed E-state index contributed by atoms with van der Waals surface area (Å²) in [5, 5.41) is 9.24. The summed E-state index contributed by atoms with van der Waals surface area (Å²) in [6.07, 6.45) is 2.26. The number of ether oxygens (including phenoxy) is 1. The monoisotopic (exact) mass is 224 g/mol. The molecule has 15 heavy (non-hydrogen) atoms. The van der Waals surface area contributed by atoms with Crippen LogP contribution in [0.4, 0.5) is 0 Å². The fraction of sp³-hybridized carbons (Fsp3) is 0.455. The highest BCUT2D eigenvalue weighted by atomic mass is 35.5. The standard InChI is InChI=1S/C11H13ClN2O/c1-11(2,8-13)5-6-15-9-3-4-10(12)14-7-9/h3-4,7H,5-6H2,1-2H3. The van der Waals surface area contributed by atoms with E-state index < -0.39 is 0 Å². The Morgan fingerprint density at radius 3 is 2.80 bits per heavy atom. The van der Waals surface area contributed by atoms with E-state index in [1.165, 1.54) is 0 Å². The molecule has 1 aromatic heterocycles. The first-order valence-corrected chi connectivity index (χ1v) is 5.07. The average Bonchev–Trinajstić information content (AvgIpc) is 2.21. The van der Waals surface area contributed by atoms with Crippen molar-refractivity contribution in [3.05, 3.63) is 23.5 Å². The van der Waals surface area contributed by atoms with Crippen molar-refractivity contribution in [1.29, 1.82) is 5.26 Å². The smallest absolute Gasteiger partial charge is 0.137 e. The molecule has 0 fully saturated rings. The Morgan fingerprint density at radius 2 is 2.27 bits per heavy atom. The number of nitriles is 1. The van der Waals surface area contributed by atoms with Gasteiger partial charge in [0.15, 0.2) is 0 Å². The zero-order chi connectivity index (χ0) is 11.3. The van der Waals surface area contributed by atoms with Crippen LogP contribution in [-0.4, -0.2) is 11.6 Å². The van der Waals surface area contributed by atoms with Gasteiger partial charge in [-0.15, -0.1) is 0 Å². The van der Waals surface area contributed by atoms with Crippen LogP contribution in [0, 0.1) is 16.7 Å². The van der Waals surface area contributed by atoms with Gasteiger partial charge in [0, 0.05) is 0 Å². The van der Waals surface area contributed by atoms with Gasteiger partial charge >= 0.3 is 0 Å². The first kappa shape index (κ1) is 11.8. The first-order chi connectivity index (χ1) is 7.03. The van der Waals surface area contributed by atoms with Crippen LogP contribution in [0.3, 0.4) is 0 Å². The van der Waals surface area contributed by atoms with Gasteiger partial charge in [0.1, 0.15) is 10.9 Å². The van der Waals surface area contributed by atoms with Gasteiger partial charge in [-0.25, -0.2) is 4.98 Å². The van der Waals surface area contributed by atoms with E-state index >= 15 is 0 Å². The third-order valence-corrected chi connectivity index (χ3v) is 2.22. The lowest BCUT2D eigenvalue weighted by atomic mass is 9.92. The van der Waals surface area contributed by atoms with E-state index in [1.54, 1.807) is 18.3 Å². The molecule has 1 rings (SSSR count). The molecule has 0 aliphatic heterocycles. The van der Waals surface area contributed by atoms with Crippen molar-refractivity contribution in [3.8, 4) is 11.8 Å². The molecule has 0 saturated carbocycles. The lowest BCUT2D eigenvalue weighted by molar-refractivity contribution is 0.263. The summed E-state index contributed by atoms with van der Waals surface area (Å²) in [6, 6.07) is 5.65. The summed E-state index contributed by atoms with van der Waals surface area (Å²) >= 11 is 5.63. The number of halogens is 1. The number of aromatic nitrogens is 1. The van der Waals surface area contributed by atoms with Gasteiger partial charge in [0.2, 0.25) is 0 Å². The van der Waals surface area contributed by atoms with Gasteiger partial charge in [-0.2, -0.15) is 5.26 Å². The van der Waals surface area contributed by atoms with Crippen molar-refractivity contribution in [2.75, 3.05) is 6.61 Å². The Bertz CT molecular complexity index is 354. The van der Waals surface area contributed by atoms with Crippen LogP contribution in [0.15, 0.2) is 18.3 Å². The highest BCUT2D eigenvalue weighted by Gasteiger charge is 2.16. The Kier molecular flexibility index (Phi) is 3.93.